The molecule has 1 unspecified atom stereocenters. The molecule has 0 radical (unpaired) electrons. The molecular weight excluding hydrogens is 226 g/mol. The number of nitrogens with one attached hydrogen (secondary N) is 1. The van der Waals surface area contributed by atoms with Crippen molar-refractivity contribution in [2.75, 3.05) is 19.8 Å². The molecule has 0 saturated heterocycles. The highest BCUT2D eigenvalue weighted by Gasteiger charge is 2.10. The summed E-state index contributed by atoms with van der Waals surface area (Å²) in [5.41, 5.74) is 0.739. The number of benzene rings is 1. The zero-order valence-corrected chi connectivity index (χ0v) is 10.3. The van der Waals surface area contributed by atoms with Gasteiger partial charge >= 0.3 is 0 Å². The standard InChI is InChI=1S/C11H17NO3S/c1-12-8-7-11(13)9-3-5-10(6-4-9)16(2,14)15/h3-6,11-13H,7-8H2,1-2H3. The van der Waals surface area contributed by atoms with Crippen molar-refractivity contribution in [3.05, 3.63) is 29.8 Å². The van der Waals surface area contributed by atoms with E-state index in [-0.39, 0.29) is 4.90 Å². The lowest BCUT2D eigenvalue weighted by molar-refractivity contribution is 0.167. The first kappa shape index (κ1) is 13.2. The molecule has 2 N–H and O–H groups in total. The summed E-state index contributed by atoms with van der Waals surface area (Å²) in [6.07, 6.45) is 1.22. The molecule has 1 aromatic rings. The minimum absolute atomic E-state index is 0.275. The van der Waals surface area contributed by atoms with Crippen molar-refractivity contribution in [2.24, 2.45) is 0 Å². The van der Waals surface area contributed by atoms with E-state index in [1.54, 1.807) is 12.1 Å². The van der Waals surface area contributed by atoms with Gasteiger partial charge in [0.05, 0.1) is 11.0 Å². The van der Waals surface area contributed by atoms with Crippen LogP contribution in [0, 0.1) is 0 Å². The molecule has 0 saturated carbocycles. The highest BCUT2D eigenvalue weighted by Crippen LogP contribution is 2.18. The first-order chi connectivity index (χ1) is 7.45. The Kier molecular flexibility index (Phi) is 4.46. The molecule has 1 rings (SSSR count). The molecule has 0 aliphatic rings. The van der Waals surface area contributed by atoms with Gasteiger partial charge in [0.1, 0.15) is 0 Å². The zero-order chi connectivity index (χ0) is 12.2. The van der Waals surface area contributed by atoms with E-state index in [2.05, 4.69) is 5.32 Å². The Labute approximate surface area is 96.2 Å². The second kappa shape index (κ2) is 5.43. The maximum Gasteiger partial charge on any atom is 0.175 e. The van der Waals surface area contributed by atoms with Crippen LogP contribution in [0.3, 0.4) is 0 Å². The normalized spacial score (nSPS) is 13.7. The van der Waals surface area contributed by atoms with E-state index in [9.17, 15) is 13.5 Å². The molecule has 0 aliphatic heterocycles. The molecule has 0 spiro atoms. The summed E-state index contributed by atoms with van der Waals surface area (Å²) < 4.78 is 22.4. The summed E-state index contributed by atoms with van der Waals surface area (Å²) in [5.74, 6) is 0. The fourth-order valence-corrected chi connectivity index (χ4v) is 2.02. The Morgan fingerprint density at radius 3 is 2.31 bits per heavy atom. The van der Waals surface area contributed by atoms with Crippen molar-refractivity contribution in [3.63, 3.8) is 0 Å². The SMILES string of the molecule is CNCCC(O)c1ccc(S(C)(=O)=O)cc1. The fraction of sp³-hybridized carbons (Fsp3) is 0.455. The van der Waals surface area contributed by atoms with Crippen LogP contribution < -0.4 is 5.32 Å². The summed E-state index contributed by atoms with van der Waals surface area (Å²) in [6.45, 7) is 0.717. The lowest BCUT2D eigenvalue weighted by Gasteiger charge is -2.10. The third-order valence-electron chi connectivity index (χ3n) is 2.36. The van der Waals surface area contributed by atoms with Crippen LogP contribution in [0.25, 0.3) is 0 Å². The van der Waals surface area contributed by atoms with Crippen LogP contribution in [-0.2, 0) is 9.84 Å². The summed E-state index contributed by atoms with van der Waals surface area (Å²) >= 11 is 0. The smallest absolute Gasteiger partial charge is 0.175 e. The molecule has 1 aromatic carbocycles. The lowest BCUT2D eigenvalue weighted by atomic mass is 10.1. The van der Waals surface area contributed by atoms with Crippen LogP contribution >= 0.6 is 0 Å². The second-order valence-corrected chi connectivity index (χ2v) is 5.76. The van der Waals surface area contributed by atoms with Gasteiger partial charge in [-0.15, -0.1) is 0 Å². The maximum absolute atomic E-state index is 11.2. The molecule has 0 fully saturated rings. The first-order valence-electron chi connectivity index (χ1n) is 5.08. The van der Waals surface area contributed by atoms with E-state index in [1.165, 1.54) is 18.4 Å². The van der Waals surface area contributed by atoms with Gasteiger partial charge < -0.3 is 10.4 Å². The van der Waals surface area contributed by atoms with E-state index in [4.69, 9.17) is 0 Å². The largest absolute Gasteiger partial charge is 0.388 e. The number of sulfone groups is 1. The van der Waals surface area contributed by atoms with Gasteiger partial charge in [-0.05, 0) is 37.7 Å². The van der Waals surface area contributed by atoms with Crippen molar-refractivity contribution >= 4 is 9.84 Å². The van der Waals surface area contributed by atoms with Gasteiger partial charge in [0.15, 0.2) is 9.84 Å². The van der Waals surface area contributed by atoms with Crippen LogP contribution in [-0.4, -0.2) is 33.4 Å². The summed E-state index contributed by atoms with van der Waals surface area (Å²) in [5, 5.41) is 12.7. The Morgan fingerprint density at radius 1 is 1.31 bits per heavy atom. The highest BCUT2D eigenvalue weighted by molar-refractivity contribution is 7.90. The molecular formula is C11H17NO3S. The van der Waals surface area contributed by atoms with Gasteiger partial charge in [0.2, 0.25) is 0 Å². The predicted molar refractivity (Wildman–Crippen MR) is 63.1 cm³/mol. The minimum Gasteiger partial charge on any atom is -0.388 e. The predicted octanol–water partition coefficient (Wildman–Crippen LogP) is 0.733. The molecule has 0 amide bonds. The van der Waals surface area contributed by atoms with Gasteiger partial charge in [0.25, 0.3) is 0 Å². The number of rotatable bonds is 5. The van der Waals surface area contributed by atoms with Crippen molar-refractivity contribution in [1.82, 2.24) is 5.32 Å². The third kappa shape index (κ3) is 3.59. The second-order valence-electron chi connectivity index (χ2n) is 3.75. The third-order valence-corrected chi connectivity index (χ3v) is 3.49. The molecule has 0 heterocycles. The zero-order valence-electron chi connectivity index (χ0n) is 9.47. The maximum atomic E-state index is 11.2. The summed E-state index contributed by atoms with van der Waals surface area (Å²) in [6, 6.07) is 6.34. The number of hydrogen-bond acceptors (Lipinski definition) is 4. The Morgan fingerprint density at radius 2 is 1.88 bits per heavy atom. The van der Waals surface area contributed by atoms with Crippen LogP contribution in [0.15, 0.2) is 29.2 Å². The van der Waals surface area contributed by atoms with Crippen molar-refractivity contribution in [3.8, 4) is 0 Å². The van der Waals surface area contributed by atoms with E-state index in [0.717, 1.165) is 12.1 Å². The van der Waals surface area contributed by atoms with Gasteiger partial charge in [-0.2, -0.15) is 0 Å². The Balaban J connectivity index is 2.79. The molecule has 16 heavy (non-hydrogen) atoms. The topological polar surface area (TPSA) is 66.4 Å². The quantitative estimate of drug-likeness (QED) is 0.800. The van der Waals surface area contributed by atoms with Crippen molar-refractivity contribution in [2.45, 2.75) is 17.4 Å². The van der Waals surface area contributed by atoms with E-state index in [1.807, 2.05) is 7.05 Å². The Hall–Kier alpha value is -0.910. The average Bonchev–Trinajstić information content (AvgIpc) is 2.25. The Bertz CT molecular complexity index is 425. The molecule has 0 aliphatic carbocycles. The average molecular weight is 243 g/mol. The molecule has 90 valence electrons. The van der Waals surface area contributed by atoms with Gasteiger partial charge in [-0.3, -0.25) is 0 Å². The summed E-state index contributed by atoms with van der Waals surface area (Å²) in [7, 11) is -1.34. The molecule has 0 bridgehead atoms. The lowest BCUT2D eigenvalue weighted by Crippen LogP contribution is -2.12. The number of aliphatic hydroxyl groups excluding tert-OH is 1. The van der Waals surface area contributed by atoms with Crippen LogP contribution in [0.2, 0.25) is 0 Å². The van der Waals surface area contributed by atoms with Gasteiger partial charge in [0, 0.05) is 6.26 Å². The molecule has 5 heteroatoms. The van der Waals surface area contributed by atoms with Gasteiger partial charge in [-0.25, -0.2) is 8.42 Å². The van der Waals surface area contributed by atoms with Crippen LogP contribution in [0.5, 0.6) is 0 Å². The van der Waals surface area contributed by atoms with E-state index >= 15 is 0 Å². The first-order valence-corrected chi connectivity index (χ1v) is 6.97. The fourth-order valence-electron chi connectivity index (χ4n) is 1.38. The van der Waals surface area contributed by atoms with Gasteiger partial charge in [-0.1, -0.05) is 12.1 Å². The monoisotopic (exact) mass is 243 g/mol. The highest BCUT2D eigenvalue weighted by atomic mass is 32.2. The number of hydrogen-bond donors (Lipinski definition) is 2. The van der Waals surface area contributed by atoms with Crippen LogP contribution in [0.4, 0.5) is 0 Å². The molecule has 1 atom stereocenters. The number of aliphatic hydroxyl groups is 1. The van der Waals surface area contributed by atoms with Crippen LogP contribution in [0.1, 0.15) is 18.1 Å². The molecule has 0 aromatic heterocycles. The van der Waals surface area contributed by atoms with E-state index < -0.39 is 15.9 Å². The minimum atomic E-state index is -3.16. The van der Waals surface area contributed by atoms with Crippen molar-refractivity contribution < 1.29 is 13.5 Å². The molecule has 4 nitrogen and oxygen atoms in total. The van der Waals surface area contributed by atoms with Crippen molar-refractivity contribution in [1.29, 1.82) is 0 Å². The summed E-state index contributed by atoms with van der Waals surface area (Å²) in [4.78, 5) is 0.275. The van der Waals surface area contributed by atoms with E-state index in [0.29, 0.717) is 6.42 Å².